The summed E-state index contributed by atoms with van der Waals surface area (Å²) in [5.41, 5.74) is 0. The zero-order valence-electron chi connectivity index (χ0n) is 5.63. The second kappa shape index (κ2) is 4.23. The summed E-state index contributed by atoms with van der Waals surface area (Å²) in [5, 5.41) is 3.14. The first kappa shape index (κ1) is 9.37. The van der Waals surface area contributed by atoms with Crippen LogP contribution in [0.2, 0.25) is 0 Å². The molecule has 10 heavy (non-hydrogen) atoms. The Morgan fingerprint density at radius 3 is 1.80 bits per heavy atom. The largest absolute Gasteiger partial charge is 0.314 e. The van der Waals surface area contributed by atoms with E-state index < -0.39 is 0 Å². The molecule has 0 bridgehead atoms. The van der Waals surface area contributed by atoms with Gasteiger partial charge >= 0.3 is 0 Å². The molecule has 1 N–H and O–H groups in total. The summed E-state index contributed by atoms with van der Waals surface area (Å²) in [4.78, 5) is 0. The Labute approximate surface area is 68.0 Å². The van der Waals surface area contributed by atoms with E-state index in [0.29, 0.717) is 0 Å². The molecule has 0 spiro atoms. The SMILES string of the molecule is C#C[C@@H]1CNC[C@@H]1C#C.Cl. The number of nitrogens with one attached hydrogen (secondary N) is 1. The number of hydrogen-bond acceptors (Lipinski definition) is 1. The molecule has 0 radical (unpaired) electrons. The molecule has 0 aliphatic carbocycles. The van der Waals surface area contributed by atoms with E-state index in [-0.39, 0.29) is 24.2 Å². The first-order chi connectivity index (χ1) is 4.38. The van der Waals surface area contributed by atoms with Crippen LogP contribution in [0.1, 0.15) is 0 Å². The molecule has 1 rings (SSSR count). The Kier molecular flexibility index (Phi) is 3.96. The first-order valence-electron chi connectivity index (χ1n) is 3.01. The Morgan fingerprint density at radius 2 is 1.50 bits per heavy atom. The highest BCUT2D eigenvalue weighted by atomic mass is 35.5. The van der Waals surface area contributed by atoms with Crippen LogP contribution >= 0.6 is 12.4 Å². The third-order valence-electron chi connectivity index (χ3n) is 1.64. The van der Waals surface area contributed by atoms with Crippen LogP contribution in [0.4, 0.5) is 0 Å². The predicted octanol–water partition coefficient (Wildman–Crippen LogP) is 0.510. The van der Waals surface area contributed by atoms with Gasteiger partial charge in [-0.05, 0) is 0 Å². The number of halogens is 1. The fourth-order valence-corrected chi connectivity index (χ4v) is 1.03. The van der Waals surface area contributed by atoms with Crippen LogP contribution in [-0.2, 0) is 0 Å². The smallest absolute Gasteiger partial charge is 0.0474 e. The van der Waals surface area contributed by atoms with E-state index in [2.05, 4.69) is 17.2 Å². The summed E-state index contributed by atoms with van der Waals surface area (Å²) in [6.07, 6.45) is 10.4. The van der Waals surface area contributed by atoms with Crippen molar-refractivity contribution in [3.05, 3.63) is 0 Å². The topological polar surface area (TPSA) is 12.0 Å². The van der Waals surface area contributed by atoms with Crippen LogP contribution < -0.4 is 5.32 Å². The van der Waals surface area contributed by atoms with Crippen molar-refractivity contribution >= 4 is 12.4 Å². The highest BCUT2D eigenvalue weighted by Crippen LogP contribution is 2.13. The number of rotatable bonds is 0. The van der Waals surface area contributed by atoms with Gasteiger partial charge in [-0.25, -0.2) is 0 Å². The maximum Gasteiger partial charge on any atom is 0.0474 e. The molecule has 0 unspecified atom stereocenters. The van der Waals surface area contributed by atoms with Crippen molar-refractivity contribution in [3.63, 3.8) is 0 Å². The summed E-state index contributed by atoms with van der Waals surface area (Å²) in [6.45, 7) is 1.76. The summed E-state index contributed by atoms with van der Waals surface area (Å²) in [7, 11) is 0. The van der Waals surface area contributed by atoms with Gasteiger partial charge < -0.3 is 5.32 Å². The van der Waals surface area contributed by atoms with E-state index in [4.69, 9.17) is 12.8 Å². The lowest BCUT2D eigenvalue weighted by Crippen LogP contribution is -2.07. The van der Waals surface area contributed by atoms with Gasteiger partial charge in [-0.3, -0.25) is 0 Å². The summed E-state index contributed by atoms with van der Waals surface area (Å²) in [5.74, 6) is 5.84. The average Bonchev–Trinajstić information content (AvgIpc) is 2.33. The predicted molar refractivity (Wildman–Crippen MR) is 44.8 cm³/mol. The molecule has 2 atom stereocenters. The third kappa shape index (κ3) is 1.67. The van der Waals surface area contributed by atoms with Gasteiger partial charge in [0.1, 0.15) is 0 Å². The van der Waals surface area contributed by atoms with Gasteiger partial charge in [-0.1, -0.05) is 0 Å². The van der Waals surface area contributed by atoms with E-state index in [0.717, 1.165) is 13.1 Å². The molecule has 1 heterocycles. The molecule has 1 nitrogen and oxygen atoms in total. The van der Waals surface area contributed by atoms with E-state index in [9.17, 15) is 0 Å². The third-order valence-corrected chi connectivity index (χ3v) is 1.64. The van der Waals surface area contributed by atoms with E-state index in [1.54, 1.807) is 0 Å². The molecule has 54 valence electrons. The van der Waals surface area contributed by atoms with Crippen LogP contribution in [0, 0.1) is 36.5 Å². The van der Waals surface area contributed by atoms with Gasteiger partial charge in [0.15, 0.2) is 0 Å². The lowest BCUT2D eigenvalue weighted by Gasteiger charge is -2.02. The minimum Gasteiger partial charge on any atom is -0.314 e. The standard InChI is InChI=1S/C8H9N.ClH/c1-3-7-5-9-6-8(7)4-2;/h1-2,7-9H,5-6H2;1H/t7-,8+;. The minimum atomic E-state index is 0. The van der Waals surface area contributed by atoms with Crippen molar-refractivity contribution < 1.29 is 0 Å². The molecule has 1 aliphatic rings. The summed E-state index contributed by atoms with van der Waals surface area (Å²) < 4.78 is 0. The Balaban J connectivity index is 0.000000810. The molecule has 1 fully saturated rings. The van der Waals surface area contributed by atoms with Crippen LogP contribution in [0.5, 0.6) is 0 Å². The molecule has 1 aliphatic heterocycles. The molecule has 0 aromatic rings. The molecule has 0 aromatic heterocycles. The number of terminal acetylenes is 2. The second-order valence-electron chi connectivity index (χ2n) is 2.20. The van der Waals surface area contributed by atoms with Gasteiger partial charge in [0.05, 0.1) is 0 Å². The van der Waals surface area contributed by atoms with Crippen LogP contribution in [0.25, 0.3) is 0 Å². The molecule has 0 amide bonds. The van der Waals surface area contributed by atoms with E-state index >= 15 is 0 Å². The van der Waals surface area contributed by atoms with Gasteiger partial charge in [0.25, 0.3) is 0 Å². The highest BCUT2D eigenvalue weighted by Gasteiger charge is 2.22. The fraction of sp³-hybridized carbons (Fsp3) is 0.500. The van der Waals surface area contributed by atoms with Crippen molar-refractivity contribution in [1.29, 1.82) is 0 Å². The summed E-state index contributed by atoms with van der Waals surface area (Å²) in [6, 6.07) is 0. The quantitative estimate of drug-likeness (QED) is 0.503. The van der Waals surface area contributed by atoms with Crippen molar-refractivity contribution in [2.75, 3.05) is 13.1 Å². The Morgan fingerprint density at radius 1 is 1.10 bits per heavy atom. The highest BCUT2D eigenvalue weighted by molar-refractivity contribution is 5.85. The van der Waals surface area contributed by atoms with E-state index in [1.807, 2.05) is 0 Å². The number of hydrogen-bond donors (Lipinski definition) is 1. The minimum absolute atomic E-state index is 0. The normalized spacial score (nSPS) is 29.8. The maximum absolute atomic E-state index is 5.21. The van der Waals surface area contributed by atoms with E-state index in [1.165, 1.54) is 0 Å². The fourth-order valence-electron chi connectivity index (χ4n) is 1.03. The van der Waals surface area contributed by atoms with Gasteiger partial charge in [0.2, 0.25) is 0 Å². The lowest BCUT2D eigenvalue weighted by molar-refractivity contribution is 0.642. The molecule has 2 heteroatoms. The molecular formula is C8H10ClN. The van der Waals surface area contributed by atoms with Gasteiger partial charge in [-0.2, -0.15) is 0 Å². The lowest BCUT2D eigenvalue weighted by atomic mass is 9.98. The van der Waals surface area contributed by atoms with Gasteiger partial charge in [0, 0.05) is 24.9 Å². The van der Waals surface area contributed by atoms with Crippen LogP contribution in [0.15, 0.2) is 0 Å². The monoisotopic (exact) mass is 155 g/mol. The second-order valence-corrected chi connectivity index (χ2v) is 2.20. The zero-order chi connectivity index (χ0) is 6.69. The van der Waals surface area contributed by atoms with Crippen LogP contribution in [-0.4, -0.2) is 13.1 Å². The Hall–Kier alpha value is -0.630. The average molecular weight is 156 g/mol. The van der Waals surface area contributed by atoms with Gasteiger partial charge in [-0.15, -0.1) is 37.1 Å². The van der Waals surface area contributed by atoms with Crippen LogP contribution in [0.3, 0.4) is 0 Å². The van der Waals surface area contributed by atoms with Crippen molar-refractivity contribution in [2.45, 2.75) is 0 Å². The molecule has 0 saturated carbocycles. The zero-order valence-corrected chi connectivity index (χ0v) is 6.45. The molecular weight excluding hydrogens is 146 g/mol. The molecule has 1 saturated heterocycles. The molecule has 0 aromatic carbocycles. The summed E-state index contributed by atoms with van der Waals surface area (Å²) >= 11 is 0. The van der Waals surface area contributed by atoms with Crippen molar-refractivity contribution in [2.24, 2.45) is 11.8 Å². The Bertz CT molecular complexity index is 155. The van der Waals surface area contributed by atoms with Crippen molar-refractivity contribution in [1.82, 2.24) is 5.32 Å². The first-order valence-corrected chi connectivity index (χ1v) is 3.01. The maximum atomic E-state index is 5.21. The van der Waals surface area contributed by atoms with Crippen molar-refractivity contribution in [3.8, 4) is 24.7 Å².